The van der Waals surface area contributed by atoms with Crippen LogP contribution < -0.4 is 11.3 Å². The highest BCUT2D eigenvalue weighted by Gasteiger charge is 2.15. The molecule has 2 aromatic heterocycles. The zero-order valence-corrected chi connectivity index (χ0v) is 10.00. The number of nitrogens with two attached hydrogens (primary N) is 1. The van der Waals surface area contributed by atoms with Gasteiger partial charge in [-0.3, -0.25) is 10.8 Å². The van der Waals surface area contributed by atoms with Crippen LogP contribution in [0.15, 0.2) is 36.0 Å². The second kappa shape index (κ2) is 5.21. The average molecular weight is 233 g/mol. The van der Waals surface area contributed by atoms with Gasteiger partial charge < -0.3 is 0 Å². The van der Waals surface area contributed by atoms with Crippen LogP contribution in [0, 0.1) is 0 Å². The van der Waals surface area contributed by atoms with Gasteiger partial charge in [-0.15, -0.1) is 11.3 Å². The maximum atomic E-state index is 5.66. The van der Waals surface area contributed by atoms with E-state index in [0.29, 0.717) is 0 Å². The van der Waals surface area contributed by atoms with Crippen LogP contribution in [0.5, 0.6) is 0 Å². The Bertz CT molecular complexity index is 439. The minimum atomic E-state index is 0.0675. The number of hydrogen-bond donors (Lipinski definition) is 2. The smallest absolute Gasteiger partial charge is 0.0806 e. The number of pyridine rings is 1. The summed E-state index contributed by atoms with van der Waals surface area (Å²) in [5.74, 6) is 5.66. The van der Waals surface area contributed by atoms with E-state index < -0.39 is 0 Å². The Hall–Kier alpha value is -1.23. The molecule has 0 radical (unpaired) electrons. The van der Waals surface area contributed by atoms with Crippen molar-refractivity contribution in [2.24, 2.45) is 5.84 Å². The zero-order valence-electron chi connectivity index (χ0n) is 9.18. The lowest BCUT2D eigenvalue weighted by molar-refractivity contribution is 0.639. The first-order valence-electron chi connectivity index (χ1n) is 5.29. The van der Waals surface area contributed by atoms with Crippen LogP contribution in [-0.4, -0.2) is 4.98 Å². The van der Waals surface area contributed by atoms with Gasteiger partial charge in [0.05, 0.1) is 6.04 Å². The number of hydrogen-bond acceptors (Lipinski definition) is 4. The lowest BCUT2D eigenvalue weighted by atomic mass is 10.0. The molecule has 0 spiro atoms. The molecular weight excluding hydrogens is 218 g/mol. The van der Waals surface area contributed by atoms with Gasteiger partial charge in [-0.2, -0.15) is 0 Å². The van der Waals surface area contributed by atoms with Crippen molar-refractivity contribution in [3.05, 3.63) is 52.0 Å². The highest BCUT2D eigenvalue weighted by atomic mass is 32.1. The van der Waals surface area contributed by atoms with E-state index in [2.05, 4.69) is 28.8 Å². The molecule has 3 N–H and O–H groups in total. The predicted molar refractivity (Wildman–Crippen MR) is 67.1 cm³/mol. The van der Waals surface area contributed by atoms with E-state index in [1.165, 1.54) is 16.0 Å². The standard InChI is InChI=1S/C12H15N3S/c1-2-9-8-14-6-5-10(9)12(15-13)11-4-3-7-16-11/h3-8,12,15H,2,13H2,1H3. The molecule has 0 fully saturated rings. The molecule has 16 heavy (non-hydrogen) atoms. The fourth-order valence-corrected chi connectivity index (χ4v) is 2.60. The molecule has 1 atom stereocenters. The molecule has 2 heterocycles. The summed E-state index contributed by atoms with van der Waals surface area (Å²) in [6.07, 6.45) is 4.69. The van der Waals surface area contributed by atoms with E-state index >= 15 is 0 Å². The molecule has 0 aromatic carbocycles. The van der Waals surface area contributed by atoms with Crippen molar-refractivity contribution in [2.75, 3.05) is 0 Å². The number of aromatic nitrogens is 1. The first-order valence-corrected chi connectivity index (χ1v) is 6.17. The Balaban J connectivity index is 2.41. The van der Waals surface area contributed by atoms with Crippen LogP contribution in [-0.2, 0) is 6.42 Å². The maximum absolute atomic E-state index is 5.66. The van der Waals surface area contributed by atoms with E-state index in [9.17, 15) is 0 Å². The monoisotopic (exact) mass is 233 g/mol. The van der Waals surface area contributed by atoms with Crippen molar-refractivity contribution in [3.63, 3.8) is 0 Å². The van der Waals surface area contributed by atoms with Crippen molar-refractivity contribution < 1.29 is 0 Å². The normalized spacial score (nSPS) is 12.6. The highest BCUT2D eigenvalue weighted by Crippen LogP contribution is 2.27. The van der Waals surface area contributed by atoms with Gasteiger partial charge in [0.15, 0.2) is 0 Å². The van der Waals surface area contributed by atoms with Crippen LogP contribution in [0.4, 0.5) is 0 Å². The summed E-state index contributed by atoms with van der Waals surface area (Å²) >= 11 is 1.71. The molecule has 0 aliphatic carbocycles. The Labute approximate surface area is 99.3 Å². The van der Waals surface area contributed by atoms with Crippen LogP contribution in [0.25, 0.3) is 0 Å². The van der Waals surface area contributed by atoms with Crippen molar-refractivity contribution in [3.8, 4) is 0 Å². The van der Waals surface area contributed by atoms with Gasteiger partial charge in [0.25, 0.3) is 0 Å². The second-order valence-corrected chi connectivity index (χ2v) is 4.52. The molecule has 2 aromatic rings. The number of nitrogens with one attached hydrogen (secondary N) is 1. The van der Waals surface area contributed by atoms with E-state index in [1.54, 1.807) is 11.3 Å². The SMILES string of the molecule is CCc1cnccc1C(NN)c1cccs1. The molecule has 1 unspecified atom stereocenters. The van der Waals surface area contributed by atoms with Gasteiger partial charge in [-0.1, -0.05) is 13.0 Å². The molecule has 0 aliphatic heterocycles. The van der Waals surface area contributed by atoms with Crippen LogP contribution in [0.1, 0.15) is 29.0 Å². The predicted octanol–water partition coefficient (Wildman–Crippen LogP) is 2.26. The van der Waals surface area contributed by atoms with Crippen molar-refractivity contribution in [2.45, 2.75) is 19.4 Å². The number of thiophene rings is 1. The van der Waals surface area contributed by atoms with E-state index in [4.69, 9.17) is 5.84 Å². The summed E-state index contributed by atoms with van der Waals surface area (Å²) in [5.41, 5.74) is 5.32. The summed E-state index contributed by atoms with van der Waals surface area (Å²) in [7, 11) is 0. The zero-order chi connectivity index (χ0) is 11.4. The molecule has 0 aliphatic rings. The minimum absolute atomic E-state index is 0.0675. The lowest BCUT2D eigenvalue weighted by Crippen LogP contribution is -2.29. The van der Waals surface area contributed by atoms with E-state index in [1.807, 2.05) is 24.5 Å². The van der Waals surface area contributed by atoms with Crippen molar-refractivity contribution in [1.29, 1.82) is 0 Å². The molecule has 0 amide bonds. The number of aryl methyl sites for hydroxylation is 1. The van der Waals surface area contributed by atoms with E-state index in [-0.39, 0.29) is 6.04 Å². The largest absolute Gasteiger partial charge is 0.271 e. The van der Waals surface area contributed by atoms with Crippen LogP contribution in [0.2, 0.25) is 0 Å². The summed E-state index contributed by atoms with van der Waals surface area (Å²) in [6.45, 7) is 2.13. The number of nitrogens with zero attached hydrogens (tertiary/aromatic N) is 1. The third-order valence-electron chi connectivity index (χ3n) is 2.63. The van der Waals surface area contributed by atoms with Gasteiger partial charge >= 0.3 is 0 Å². The van der Waals surface area contributed by atoms with E-state index in [0.717, 1.165) is 6.42 Å². The second-order valence-electron chi connectivity index (χ2n) is 3.54. The summed E-state index contributed by atoms with van der Waals surface area (Å²) < 4.78 is 0. The van der Waals surface area contributed by atoms with Crippen LogP contribution >= 0.6 is 11.3 Å². The first kappa shape index (κ1) is 11.3. The molecule has 0 saturated heterocycles. The Morgan fingerprint density at radius 3 is 3.00 bits per heavy atom. The number of hydrazine groups is 1. The fourth-order valence-electron chi connectivity index (χ4n) is 1.80. The minimum Gasteiger partial charge on any atom is -0.271 e. The van der Waals surface area contributed by atoms with Crippen LogP contribution in [0.3, 0.4) is 0 Å². The molecule has 0 saturated carbocycles. The molecular formula is C12H15N3S. The average Bonchev–Trinajstić information content (AvgIpc) is 2.84. The Morgan fingerprint density at radius 2 is 2.38 bits per heavy atom. The molecule has 3 nitrogen and oxygen atoms in total. The third-order valence-corrected chi connectivity index (χ3v) is 3.56. The lowest BCUT2D eigenvalue weighted by Gasteiger charge is -2.17. The van der Waals surface area contributed by atoms with Gasteiger partial charge in [0, 0.05) is 17.3 Å². The topological polar surface area (TPSA) is 50.9 Å². The summed E-state index contributed by atoms with van der Waals surface area (Å²) in [5, 5.41) is 2.06. The molecule has 84 valence electrons. The molecule has 4 heteroatoms. The van der Waals surface area contributed by atoms with Gasteiger partial charge in [-0.05, 0) is 35.1 Å². The quantitative estimate of drug-likeness (QED) is 0.629. The maximum Gasteiger partial charge on any atom is 0.0806 e. The van der Waals surface area contributed by atoms with Crippen molar-refractivity contribution in [1.82, 2.24) is 10.4 Å². The summed E-state index contributed by atoms with van der Waals surface area (Å²) in [6, 6.07) is 6.23. The number of rotatable bonds is 4. The van der Waals surface area contributed by atoms with Gasteiger partial charge in [-0.25, -0.2) is 5.43 Å². The van der Waals surface area contributed by atoms with Crippen molar-refractivity contribution >= 4 is 11.3 Å². The Kier molecular flexibility index (Phi) is 3.66. The summed E-state index contributed by atoms with van der Waals surface area (Å²) in [4.78, 5) is 5.37. The first-order chi connectivity index (χ1) is 7.86. The fraction of sp³-hybridized carbons (Fsp3) is 0.250. The Morgan fingerprint density at radius 1 is 1.50 bits per heavy atom. The van der Waals surface area contributed by atoms with Gasteiger partial charge in [0.1, 0.15) is 0 Å². The third kappa shape index (κ3) is 2.14. The van der Waals surface area contributed by atoms with Gasteiger partial charge in [0.2, 0.25) is 0 Å². The molecule has 2 rings (SSSR count). The molecule has 0 bridgehead atoms. The highest BCUT2D eigenvalue weighted by molar-refractivity contribution is 7.10.